The van der Waals surface area contributed by atoms with Crippen molar-refractivity contribution in [2.24, 2.45) is 0 Å². The Morgan fingerprint density at radius 1 is 1.10 bits per heavy atom. The molecule has 1 unspecified atom stereocenters. The highest BCUT2D eigenvalue weighted by Crippen LogP contribution is 2.56. The molecule has 0 radical (unpaired) electrons. The van der Waals surface area contributed by atoms with Crippen molar-refractivity contribution >= 4 is 16.7 Å². The van der Waals surface area contributed by atoms with E-state index in [1.165, 1.54) is 0 Å². The van der Waals surface area contributed by atoms with Crippen LogP contribution in [0.25, 0.3) is 10.8 Å². The summed E-state index contributed by atoms with van der Waals surface area (Å²) in [5.41, 5.74) is 2.25. The number of aliphatic hydroxyl groups excluding tert-OH is 1. The van der Waals surface area contributed by atoms with E-state index in [0.717, 1.165) is 27.5 Å². The van der Waals surface area contributed by atoms with Gasteiger partial charge in [-0.1, -0.05) is 44.2 Å². The number of benzene rings is 2. The third kappa shape index (κ3) is 3.89. The minimum Gasteiger partial charge on any atom is -0.490 e. The SMILES string of the molecule is CCOC(=O)C1(c2ccc(OCC(O)CNC(C)C)c3ccccc23)C(C)=C1C. The Balaban J connectivity index is 1.91. The molecule has 3 rings (SSSR count). The van der Waals surface area contributed by atoms with Crippen molar-refractivity contribution in [3.8, 4) is 5.75 Å². The van der Waals surface area contributed by atoms with Crippen LogP contribution in [-0.2, 0) is 14.9 Å². The number of esters is 1. The molecule has 2 N–H and O–H groups in total. The van der Waals surface area contributed by atoms with E-state index in [1.807, 2.05) is 71.0 Å². The largest absolute Gasteiger partial charge is 0.490 e. The van der Waals surface area contributed by atoms with E-state index >= 15 is 0 Å². The zero-order valence-electron chi connectivity index (χ0n) is 17.9. The van der Waals surface area contributed by atoms with Gasteiger partial charge in [-0.2, -0.15) is 0 Å². The van der Waals surface area contributed by atoms with Gasteiger partial charge >= 0.3 is 5.97 Å². The van der Waals surface area contributed by atoms with Crippen LogP contribution in [-0.4, -0.2) is 43.0 Å². The molecule has 5 nitrogen and oxygen atoms in total. The fourth-order valence-corrected chi connectivity index (χ4v) is 3.96. The first-order valence-electron chi connectivity index (χ1n) is 10.3. The fraction of sp³-hybridized carbons (Fsp3) is 0.458. The summed E-state index contributed by atoms with van der Waals surface area (Å²) in [6, 6.07) is 12.1. The molecule has 0 heterocycles. The summed E-state index contributed by atoms with van der Waals surface area (Å²) >= 11 is 0. The van der Waals surface area contributed by atoms with Crippen LogP contribution >= 0.6 is 0 Å². The van der Waals surface area contributed by atoms with Crippen LogP contribution < -0.4 is 10.1 Å². The van der Waals surface area contributed by atoms with Crippen molar-refractivity contribution in [1.29, 1.82) is 0 Å². The molecule has 0 aromatic heterocycles. The van der Waals surface area contributed by atoms with Gasteiger partial charge in [-0.05, 0) is 48.9 Å². The quantitative estimate of drug-likeness (QED) is 0.499. The minimum absolute atomic E-state index is 0.197. The first-order valence-corrected chi connectivity index (χ1v) is 10.3. The average Bonchev–Trinajstić information content (AvgIpc) is 3.25. The van der Waals surface area contributed by atoms with Gasteiger partial charge in [-0.15, -0.1) is 0 Å². The third-order valence-electron chi connectivity index (χ3n) is 5.69. The topological polar surface area (TPSA) is 67.8 Å². The van der Waals surface area contributed by atoms with Crippen LogP contribution in [0.1, 0.15) is 40.2 Å². The fourth-order valence-electron chi connectivity index (χ4n) is 3.96. The van der Waals surface area contributed by atoms with E-state index in [1.54, 1.807) is 0 Å². The predicted molar refractivity (Wildman–Crippen MR) is 115 cm³/mol. The predicted octanol–water partition coefficient (Wildman–Crippen LogP) is 3.73. The zero-order chi connectivity index (χ0) is 21.2. The second-order valence-electron chi connectivity index (χ2n) is 7.91. The minimum atomic E-state index is -0.769. The van der Waals surface area contributed by atoms with Gasteiger partial charge in [0.15, 0.2) is 0 Å². The summed E-state index contributed by atoms with van der Waals surface area (Å²) in [5.74, 6) is 0.479. The average molecular weight is 398 g/mol. The lowest BCUT2D eigenvalue weighted by atomic mass is 9.84. The van der Waals surface area contributed by atoms with E-state index in [9.17, 15) is 9.90 Å². The van der Waals surface area contributed by atoms with Gasteiger partial charge in [-0.25, -0.2) is 0 Å². The summed E-state index contributed by atoms with van der Waals surface area (Å²) in [6.07, 6.45) is -0.601. The number of ether oxygens (including phenoxy) is 2. The Morgan fingerprint density at radius 2 is 1.76 bits per heavy atom. The molecular formula is C24H31NO4. The second kappa shape index (κ2) is 8.56. The number of carbonyl (C=O) groups excluding carboxylic acids is 1. The van der Waals surface area contributed by atoms with E-state index < -0.39 is 11.5 Å². The van der Waals surface area contributed by atoms with Gasteiger partial charge in [0.05, 0.1) is 6.61 Å². The summed E-state index contributed by atoms with van der Waals surface area (Å²) in [5, 5.41) is 15.3. The Kier molecular flexibility index (Phi) is 6.30. The van der Waals surface area contributed by atoms with Crippen LogP contribution in [0.2, 0.25) is 0 Å². The first-order chi connectivity index (χ1) is 13.8. The van der Waals surface area contributed by atoms with Gasteiger partial charge in [0, 0.05) is 18.0 Å². The maximum atomic E-state index is 12.9. The van der Waals surface area contributed by atoms with Gasteiger partial charge < -0.3 is 19.9 Å². The molecule has 1 aliphatic carbocycles. The number of fused-ring (bicyclic) bond motifs is 1. The van der Waals surface area contributed by atoms with Crippen molar-refractivity contribution in [3.05, 3.63) is 53.1 Å². The lowest BCUT2D eigenvalue weighted by molar-refractivity contribution is -0.145. The van der Waals surface area contributed by atoms with E-state index in [-0.39, 0.29) is 12.6 Å². The second-order valence-corrected chi connectivity index (χ2v) is 7.91. The molecule has 1 aliphatic rings. The molecule has 2 aromatic carbocycles. The highest BCUT2D eigenvalue weighted by molar-refractivity contribution is 6.04. The molecule has 0 amide bonds. The molecule has 0 fully saturated rings. The van der Waals surface area contributed by atoms with Gasteiger partial charge in [-0.3, -0.25) is 4.79 Å². The molecule has 0 bridgehead atoms. The van der Waals surface area contributed by atoms with Gasteiger partial charge in [0.1, 0.15) is 23.9 Å². The molecule has 2 aromatic rings. The lowest BCUT2D eigenvalue weighted by Crippen LogP contribution is -2.35. The van der Waals surface area contributed by atoms with Crippen molar-refractivity contribution in [2.45, 2.75) is 52.2 Å². The molecule has 0 spiro atoms. The van der Waals surface area contributed by atoms with Crippen molar-refractivity contribution in [1.82, 2.24) is 5.32 Å². The summed E-state index contributed by atoms with van der Waals surface area (Å²) < 4.78 is 11.4. The lowest BCUT2D eigenvalue weighted by Gasteiger charge is -2.22. The third-order valence-corrected chi connectivity index (χ3v) is 5.69. The van der Waals surface area contributed by atoms with E-state index in [0.29, 0.717) is 24.9 Å². The molecular weight excluding hydrogens is 366 g/mol. The van der Waals surface area contributed by atoms with Crippen molar-refractivity contribution in [3.63, 3.8) is 0 Å². The van der Waals surface area contributed by atoms with Gasteiger partial charge in [0.2, 0.25) is 0 Å². The molecule has 0 aliphatic heterocycles. The number of hydrogen-bond acceptors (Lipinski definition) is 5. The maximum Gasteiger partial charge on any atom is 0.324 e. The number of rotatable bonds is 9. The Bertz CT molecular complexity index is 920. The van der Waals surface area contributed by atoms with Crippen LogP contribution in [0.3, 0.4) is 0 Å². The van der Waals surface area contributed by atoms with Crippen LogP contribution in [0.4, 0.5) is 0 Å². The molecule has 156 valence electrons. The molecule has 0 saturated carbocycles. The molecule has 29 heavy (non-hydrogen) atoms. The molecule has 5 heteroatoms. The standard InChI is InChI=1S/C24H31NO4/c1-6-28-23(27)24(16(4)17(24)5)21-11-12-22(20-10-8-7-9-19(20)21)29-14-18(26)13-25-15(2)3/h7-12,15,18,25-26H,6,13-14H2,1-5H3. The summed E-state index contributed by atoms with van der Waals surface area (Å²) in [7, 11) is 0. The van der Waals surface area contributed by atoms with E-state index in [4.69, 9.17) is 9.47 Å². The van der Waals surface area contributed by atoms with Crippen LogP contribution in [0, 0.1) is 0 Å². The monoisotopic (exact) mass is 397 g/mol. The van der Waals surface area contributed by atoms with Crippen LogP contribution in [0.15, 0.2) is 47.5 Å². The smallest absolute Gasteiger partial charge is 0.324 e. The van der Waals surface area contributed by atoms with Crippen molar-refractivity contribution < 1.29 is 19.4 Å². The molecule has 1 atom stereocenters. The molecule has 0 saturated heterocycles. The Morgan fingerprint density at radius 3 is 2.34 bits per heavy atom. The number of aliphatic hydroxyl groups is 1. The van der Waals surface area contributed by atoms with Gasteiger partial charge in [0.25, 0.3) is 0 Å². The highest BCUT2D eigenvalue weighted by Gasteiger charge is 2.57. The summed E-state index contributed by atoms with van der Waals surface area (Å²) in [6.45, 7) is 10.9. The summed E-state index contributed by atoms with van der Waals surface area (Å²) in [4.78, 5) is 12.9. The first kappa shape index (κ1) is 21.3. The number of nitrogens with one attached hydrogen (secondary N) is 1. The number of carbonyl (C=O) groups is 1. The normalized spacial score (nSPS) is 16.2. The Labute approximate surface area is 172 Å². The van der Waals surface area contributed by atoms with E-state index in [2.05, 4.69) is 5.32 Å². The van der Waals surface area contributed by atoms with Crippen molar-refractivity contribution in [2.75, 3.05) is 19.8 Å². The maximum absolute atomic E-state index is 12.9. The zero-order valence-corrected chi connectivity index (χ0v) is 17.9. The Hall–Kier alpha value is -2.37. The highest BCUT2D eigenvalue weighted by atomic mass is 16.5. The number of hydrogen-bond donors (Lipinski definition) is 2. The van der Waals surface area contributed by atoms with Crippen LogP contribution in [0.5, 0.6) is 5.75 Å².